The van der Waals surface area contributed by atoms with Gasteiger partial charge >= 0.3 is 0 Å². The lowest BCUT2D eigenvalue weighted by Crippen LogP contribution is -2.53. The molecule has 0 unspecified atom stereocenters. The lowest BCUT2D eigenvalue weighted by atomic mass is 9.73. The summed E-state index contributed by atoms with van der Waals surface area (Å²) in [6, 6.07) is 42.3. The van der Waals surface area contributed by atoms with Gasteiger partial charge in [-0.25, -0.2) is 4.99 Å². The van der Waals surface area contributed by atoms with E-state index < -0.39 is 5.54 Å². The Morgan fingerprint density at radius 3 is 1.75 bits per heavy atom. The molecule has 0 aromatic heterocycles. The number of hydrogen-bond donors (Lipinski definition) is 0. The summed E-state index contributed by atoms with van der Waals surface area (Å²) in [5.41, 5.74) is 13.2. The molecule has 1 aliphatic carbocycles. The SMILES string of the molecule is CC.CC1(C)c2ccccc2N2C3=Nc4ccccc4C4(c5ccccc5-c5ccccc54)N3c3cccc1c32. The van der Waals surface area contributed by atoms with Gasteiger partial charge in [-0.2, -0.15) is 0 Å². The molecule has 0 bridgehead atoms. The maximum absolute atomic E-state index is 5.43. The summed E-state index contributed by atoms with van der Waals surface area (Å²) < 4.78 is 0. The minimum atomic E-state index is -0.521. The molecule has 194 valence electrons. The van der Waals surface area contributed by atoms with Gasteiger partial charge in [-0.1, -0.05) is 125 Å². The third-order valence-corrected chi connectivity index (χ3v) is 9.14. The topological polar surface area (TPSA) is 18.8 Å². The first-order valence-corrected chi connectivity index (χ1v) is 14.3. The van der Waals surface area contributed by atoms with Gasteiger partial charge in [0.25, 0.3) is 0 Å². The zero-order valence-corrected chi connectivity index (χ0v) is 23.3. The van der Waals surface area contributed by atoms with Crippen molar-refractivity contribution in [3.8, 4) is 11.1 Å². The summed E-state index contributed by atoms with van der Waals surface area (Å²) in [6.45, 7) is 8.70. The minimum Gasteiger partial charge on any atom is -0.291 e. The van der Waals surface area contributed by atoms with E-state index in [0.29, 0.717) is 0 Å². The highest BCUT2D eigenvalue weighted by Crippen LogP contribution is 2.64. The normalized spacial score (nSPS) is 16.9. The second-order valence-corrected chi connectivity index (χ2v) is 11.2. The van der Waals surface area contributed by atoms with E-state index in [1.807, 2.05) is 13.8 Å². The molecular weight excluding hydrogens is 486 g/mol. The van der Waals surface area contributed by atoms with Crippen LogP contribution in [0.15, 0.2) is 120 Å². The van der Waals surface area contributed by atoms with Gasteiger partial charge < -0.3 is 0 Å². The van der Waals surface area contributed by atoms with Crippen molar-refractivity contribution >= 4 is 28.7 Å². The number of nitrogens with zero attached hydrogens (tertiary/aromatic N) is 3. The minimum absolute atomic E-state index is 0.126. The van der Waals surface area contributed by atoms with Crippen LogP contribution in [0, 0.1) is 0 Å². The average molecular weight is 518 g/mol. The predicted octanol–water partition coefficient (Wildman–Crippen LogP) is 9.28. The number of guanidine groups is 1. The average Bonchev–Trinajstić information content (AvgIpc) is 3.49. The molecule has 0 fully saturated rings. The number of benzene rings is 5. The molecule has 4 aliphatic rings. The fraction of sp³-hybridized carbons (Fsp3) is 0.162. The van der Waals surface area contributed by atoms with Crippen LogP contribution in [-0.2, 0) is 11.0 Å². The van der Waals surface area contributed by atoms with Gasteiger partial charge in [-0.3, -0.25) is 9.80 Å². The number of hydrogen-bond acceptors (Lipinski definition) is 3. The standard InChI is InChI=1S/C35H25N3.C2H6/c1-34(2)27-17-8-10-20-30(27)37-32-28(34)18-11-21-31(32)38-33(37)36-29-19-9-7-16-26(29)35(38)24-14-5-3-12-22(24)23-13-4-6-15-25(23)35;1-2/h3-21H,1-2H3;1-2H3. The van der Waals surface area contributed by atoms with E-state index >= 15 is 0 Å². The lowest BCUT2D eigenvalue weighted by molar-refractivity contribution is 0.634. The van der Waals surface area contributed by atoms with E-state index in [1.54, 1.807) is 0 Å². The number of fused-ring (bicyclic) bond motifs is 13. The summed E-state index contributed by atoms with van der Waals surface area (Å²) in [6.07, 6.45) is 0. The highest BCUT2D eigenvalue weighted by molar-refractivity contribution is 6.25. The van der Waals surface area contributed by atoms with E-state index in [-0.39, 0.29) is 5.41 Å². The molecule has 9 rings (SSSR count). The first-order valence-electron chi connectivity index (χ1n) is 14.3. The Labute approximate surface area is 236 Å². The smallest absolute Gasteiger partial charge is 0.217 e. The molecule has 0 amide bonds. The number of anilines is 3. The van der Waals surface area contributed by atoms with Crippen LogP contribution in [-0.4, -0.2) is 5.96 Å². The Bertz CT molecular complexity index is 1830. The third kappa shape index (κ3) is 2.54. The van der Waals surface area contributed by atoms with Gasteiger partial charge in [0.15, 0.2) is 0 Å². The second-order valence-electron chi connectivity index (χ2n) is 11.2. The molecule has 3 heteroatoms. The predicted molar refractivity (Wildman–Crippen MR) is 166 cm³/mol. The molecule has 5 aromatic carbocycles. The molecule has 1 spiro atoms. The van der Waals surface area contributed by atoms with Gasteiger partial charge in [0, 0.05) is 11.0 Å². The Hall–Kier alpha value is -4.63. The van der Waals surface area contributed by atoms with Crippen molar-refractivity contribution in [2.75, 3.05) is 9.80 Å². The molecule has 0 atom stereocenters. The number of para-hydroxylation sites is 3. The highest BCUT2D eigenvalue weighted by atomic mass is 15.5. The second kappa shape index (κ2) is 7.95. The maximum atomic E-state index is 5.43. The van der Waals surface area contributed by atoms with Gasteiger partial charge in [-0.05, 0) is 51.6 Å². The van der Waals surface area contributed by atoms with Gasteiger partial charge in [0.1, 0.15) is 5.54 Å². The Balaban J connectivity index is 0.00000120. The van der Waals surface area contributed by atoms with Crippen molar-refractivity contribution in [3.05, 3.63) is 143 Å². The quantitative estimate of drug-likeness (QED) is 0.204. The summed E-state index contributed by atoms with van der Waals surface area (Å²) in [5, 5.41) is 0. The Kier molecular flexibility index (Phi) is 4.63. The molecule has 5 aromatic rings. The van der Waals surface area contributed by atoms with Crippen LogP contribution in [0.2, 0.25) is 0 Å². The molecule has 0 radical (unpaired) electrons. The van der Waals surface area contributed by atoms with E-state index in [2.05, 4.69) is 139 Å². The summed E-state index contributed by atoms with van der Waals surface area (Å²) >= 11 is 0. The molecule has 0 saturated heterocycles. The number of rotatable bonds is 0. The van der Waals surface area contributed by atoms with Crippen molar-refractivity contribution in [1.29, 1.82) is 0 Å². The van der Waals surface area contributed by atoms with Crippen LogP contribution < -0.4 is 9.80 Å². The van der Waals surface area contributed by atoms with Crippen LogP contribution in [0.5, 0.6) is 0 Å². The molecule has 40 heavy (non-hydrogen) atoms. The third-order valence-electron chi connectivity index (χ3n) is 9.14. The maximum Gasteiger partial charge on any atom is 0.217 e. The molecule has 0 saturated carbocycles. The lowest BCUT2D eigenvalue weighted by Gasteiger charge is -2.46. The molecule has 3 heterocycles. The molecule has 3 aliphatic heterocycles. The van der Waals surface area contributed by atoms with Crippen molar-refractivity contribution in [3.63, 3.8) is 0 Å². The van der Waals surface area contributed by atoms with Crippen molar-refractivity contribution in [1.82, 2.24) is 0 Å². The van der Waals surface area contributed by atoms with Crippen molar-refractivity contribution in [2.24, 2.45) is 4.99 Å². The van der Waals surface area contributed by atoms with E-state index in [1.165, 1.54) is 56.0 Å². The van der Waals surface area contributed by atoms with Crippen LogP contribution in [0.1, 0.15) is 55.5 Å². The first kappa shape index (κ1) is 23.3. The summed E-state index contributed by atoms with van der Waals surface area (Å²) in [7, 11) is 0. The number of aliphatic imine (C=N–C) groups is 1. The molecule has 3 nitrogen and oxygen atoms in total. The Morgan fingerprint density at radius 2 is 1.05 bits per heavy atom. The van der Waals surface area contributed by atoms with Crippen LogP contribution in [0.25, 0.3) is 11.1 Å². The monoisotopic (exact) mass is 517 g/mol. The fourth-order valence-electron chi connectivity index (χ4n) is 7.61. The van der Waals surface area contributed by atoms with Crippen LogP contribution in [0.4, 0.5) is 22.7 Å². The van der Waals surface area contributed by atoms with Crippen LogP contribution >= 0.6 is 0 Å². The van der Waals surface area contributed by atoms with Gasteiger partial charge in [0.2, 0.25) is 5.96 Å². The van der Waals surface area contributed by atoms with Crippen molar-refractivity contribution < 1.29 is 0 Å². The summed E-state index contributed by atoms with van der Waals surface area (Å²) in [5.74, 6) is 0.973. The zero-order valence-electron chi connectivity index (χ0n) is 23.3. The van der Waals surface area contributed by atoms with Crippen LogP contribution in [0.3, 0.4) is 0 Å². The Morgan fingerprint density at radius 1 is 0.525 bits per heavy atom. The zero-order chi connectivity index (χ0) is 27.2. The van der Waals surface area contributed by atoms with E-state index in [9.17, 15) is 0 Å². The largest absolute Gasteiger partial charge is 0.291 e. The van der Waals surface area contributed by atoms with E-state index in [0.717, 1.165) is 11.6 Å². The first-order chi connectivity index (χ1) is 19.6. The highest BCUT2D eigenvalue weighted by Gasteiger charge is 2.59. The molecular formula is C37H31N3. The summed E-state index contributed by atoms with van der Waals surface area (Å²) in [4.78, 5) is 10.4. The molecule has 0 N–H and O–H groups in total. The van der Waals surface area contributed by atoms with Crippen molar-refractivity contribution in [2.45, 2.75) is 38.6 Å². The fourth-order valence-corrected chi connectivity index (χ4v) is 7.61. The van der Waals surface area contributed by atoms with Gasteiger partial charge in [0.05, 0.1) is 22.7 Å². The van der Waals surface area contributed by atoms with E-state index in [4.69, 9.17) is 4.99 Å². The van der Waals surface area contributed by atoms with Gasteiger partial charge in [-0.15, -0.1) is 0 Å².